The van der Waals surface area contributed by atoms with Gasteiger partial charge in [-0.2, -0.15) is 10.5 Å². The summed E-state index contributed by atoms with van der Waals surface area (Å²) >= 11 is 0. The molecule has 0 bridgehead atoms. The van der Waals surface area contributed by atoms with Crippen molar-refractivity contribution in [1.29, 1.82) is 10.5 Å². The molecule has 0 unspecified atom stereocenters. The van der Waals surface area contributed by atoms with E-state index in [1.165, 1.54) is 17.0 Å². The number of ether oxygens (including phenoxy) is 1. The second-order valence-electron chi connectivity index (χ2n) is 8.68. The van der Waals surface area contributed by atoms with Gasteiger partial charge in [0.15, 0.2) is 6.61 Å². The molecule has 4 rings (SSSR count). The standard InChI is InChI=1S/C29H25FN4O3/c30-22-12-10-20(11-13-22)18-21-6-3-8-24-27(23-7-1-2-9-25(23)33-28(21)24)29(36)37-19-26(35)34(16-4-14-31)17-5-15-32/h1-2,7,9-13,18H,3-6,8,16-17,19H2/b21-18+. The predicted molar refractivity (Wildman–Crippen MR) is 136 cm³/mol. The highest BCUT2D eigenvalue weighted by molar-refractivity contribution is 6.07. The summed E-state index contributed by atoms with van der Waals surface area (Å²) in [6.07, 6.45) is 4.39. The first kappa shape index (κ1) is 25.5. The smallest absolute Gasteiger partial charge is 0.339 e. The van der Waals surface area contributed by atoms with Gasteiger partial charge in [0.05, 0.1) is 41.8 Å². The van der Waals surface area contributed by atoms with Crippen LogP contribution in [0.2, 0.25) is 0 Å². The van der Waals surface area contributed by atoms with E-state index in [2.05, 4.69) is 0 Å². The van der Waals surface area contributed by atoms with Gasteiger partial charge in [-0.3, -0.25) is 4.79 Å². The number of para-hydroxylation sites is 1. The molecule has 0 atom stereocenters. The van der Waals surface area contributed by atoms with Crippen molar-refractivity contribution in [1.82, 2.24) is 9.88 Å². The molecule has 3 aromatic rings. The Balaban J connectivity index is 1.66. The van der Waals surface area contributed by atoms with E-state index in [0.717, 1.165) is 29.5 Å². The number of amides is 1. The molecule has 1 aromatic heterocycles. The van der Waals surface area contributed by atoms with Crippen LogP contribution in [-0.4, -0.2) is 41.5 Å². The summed E-state index contributed by atoms with van der Waals surface area (Å²) in [5, 5.41) is 18.4. The van der Waals surface area contributed by atoms with Crippen molar-refractivity contribution in [3.05, 3.63) is 76.7 Å². The van der Waals surface area contributed by atoms with Crippen molar-refractivity contribution in [3.8, 4) is 12.1 Å². The maximum atomic E-state index is 13.4. The fourth-order valence-electron chi connectivity index (χ4n) is 4.49. The van der Waals surface area contributed by atoms with Gasteiger partial charge >= 0.3 is 5.97 Å². The Morgan fingerprint density at radius 3 is 2.43 bits per heavy atom. The van der Waals surface area contributed by atoms with Crippen LogP contribution in [0, 0.1) is 28.5 Å². The third kappa shape index (κ3) is 5.99. The Bertz CT molecular complexity index is 1420. The third-order valence-electron chi connectivity index (χ3n) is 6.25. The van der Waals surface area contributed by atoms with Gasteiger partial charge in [-0.25, -0.2) is 14.2 Å². The topological polar surface area (TPSA) is 107 Å². The Kier molecular flexibility index (Phi) is 8.22. The molecule has 2 aromatic carbocycles. The van der Waals surface area contributed by atoms with Crippen LogP contribution < -0.4 is 0 Å². The number of esters is 1. The van der Waals surface area contributed by atoms with Crippen molar-refractivity contribution in [2.24, 2.45) is 0 Å². The lowest BCUT2D eigenvalue weighted by atomic mass is 9.86. The monoisotopic (exact) mass is 496 g/mol. The highest BCUT2D eigenvalue weighted by Gasteiger charge is 2.27. The van der Waals surface area contributed by atoms with Gasteiger partial charge in [0.2, 0.25) is 0 Å². The molecule has 1 heterocycles. The Hall–Kier alpha value is -4.56. The van der Waals surface area contributed by atoms with E-state index >= 15 is 0 Å². The highest BCUT2D eigenvalue weighted by atomic mass is 19.1. The first-order valence-corrected chi connectivity index (χ1v) is 12.1. The molecule has 0 fully saturated rings. The molecule has 0 saturated carbocycles. The number of rotatable bonds is 8. The zero-order chi connectivity index (χ0) is 26.2. The summed E-state index contributed by atoms with van der Waals surface area (Å²) < 4.78 is 18.9. The number of fused-ring (bicyclic) bond motifs is 2. The van der Waals surface area contributed by atoms with Gasteiger partial charge in [0, 0.05) is 18.5 Å². The summed E-state index contributed by atoms with van der Waals surface area (Å²) in [6.45, 7) is -0.154. The molecular formula is C29H25FN4O3. The van der Waals surface area contributed by atoms with Crippen molar-refractivity contribution >= 4 is 34.4 Å². The first-order valence-electron chi connectivity index (χ1n) is 12.1. The number of hydrogen-bond donors (Lipinski definition) is 0. The number of halogens is 1. The number of allylic oxidation sites excluding steroid dienone is 1. The molecule has 0 aliphatic heterocycles. The first-order chi connectivity index (χ1) is 18.0. The molecule has 1 amide bonds. The number of pyridine rings is 1. The Morgan fingerprint density at radius 1 is 1.03 bits per heavy atom. The maximum Gasteiger partial charge on any atom is 0.339 e. The van der Waals surface area contributed by atoms with Crippen LogP contribution >= 0.6 is 0 Å². The minimum absolute atomic E-state index is 0.122. The van der Waals surface area contributed by atoms with Crippen LogP contribution in [0.15, 0.2) is 48.5 Å². The van der Waals surface area contributed by atoms with Gasteiger partial charge in [-0.15, -0.1) is 0 Å². The van der Waals surface area contributed by atoms with Gasteiger partial charge in [-0.1, -0.05) is 30.3 Å². The molecule has 0 radical (unpaired) electrons. The largest absolute Gasteiger partial charge is 0.452 e. The molecular weight excluding hydrogens is 471 g/mol. The molecule has 0 N–H and O–H groups in total. The van der Waals surface area contributed by atoms with E-state index in [0.29, 0.717) is 28.6 Å². The van der Waals surface area contributed by atoms with Gasteiger partial charge in [0.25, 0.3) is 5.91 Å². The number of carbonyl (C=O) groups excluding carboxylic acids is 2. The molecule has 186 valence electrons. The third-order valence-corrected chi connectivity index (χ3v) is 6.25. The van der Waals surface area contributed by atoms with Crippen LogP contribution in [-0.2, 0) is 16.0 Å². The zero-order valence-corrected chi connectivity index (χ0v) is 20.2. The SMILES string of the molecule is N#CCCN(CCC#N)C(=O)COC(=O)c1c2c(nc3ccccc13)/C(=C/c1ccc(F)cc1)CCC2. The van der Waals surface area contributed by atoms with Crippen LogP contribution in [0.1, 0.15) is 52.9 Å². The lowest BCUT2D eigenvalue weighted by Gasteiger charge is -2.23. The lowest BCUT2D eigenvalue weighted by molar-refractivity contribution is -0.134. The summed E-state index contributed by atoms with van der Waals surface area (Å²) in [6, 6.07) is 17.5. The molecule has 8 heteroatoms. The highest BCUT2D eigenvalue weighted by Crippen LogP contribution is 2.36. The number of aromatic nitrogens is 1. The molecule has 0 saturated heterocycles. The molecule has 1 aliphatic rings. The van der Waals surface area contributed by atoms with Crippen molar-refractivity contribution in [2.45, 2.75) is 32.1 Å². The van der Waals surface area contributed by atoms with Crippen molar-refractivity contribution in [3.63, 3.8) is 0 Å². The van der Waals surface area contributed by atoms with Crippen LogP contribution in [0.5, 0.6) is 0 Å². The molecule has 1 aliphatic carbocycles. The van der Waals surface area contributed by atoms with E-state index in [-0.39, 0.29) is 31.7 Å². The fraction of sp³-hybridized carbons (Fsp3) is 0.276. The number of carbonyl (C=O) groups is 2. The van der Waals surface area contributed by atoms with Crippen LogP contribution in [0.3, 0.4) is 0 Å². The van der Waals surface area contributed by atoms with E-state index in [1.807, 2.05) is 42.5 Å². The Morgan fingerprint density at radius 2 is 1.73 bits per heavy atom. The minimum atomic E-state index is -0.619. The van der Waals surface area contributed by atoms with E-state index in [4.69, 9.17) is 20.2 Å². The normalized spacial score (nSPS) is 13.4. The molecule has 37 heavy (non-hydrogen) atoms. The second kappa shape index (κ2) is 11.9. The number of benzene rings is 2. The van der Waals surface area contributed by atoms with Crippen molar-refractivity contribution in [2.75, 3.05) is 19.7 Å². The van der Waals surface area contributed by atoms with E-state index in [9.17, 15) is 14.0 Å². The van der Waals surface area contributed by atoms with Crippen LogP contribution in [0.4, 0.5) is 4.39 Å². The number of hydrogen-bond acceptors (Lipinski definition) is 6. The zero-order valence-electron chi connectivity index (χ0n) is 20.2. The maximum absolute atomic E-state index is 13.4. The summed E-state index contributed by atoms with van der Waals surface area (Å²) in [5.74, 6) is -1.39. The lowest BCUT2D eigenvalue weighted by Crippen LogP contribution is -2.36. The van der Waals surface area contributed by atoms with Gasteiger partial charge < -0.3 is 9.64 Å². The molecule has 7 nitrogen and oxygen atoms in total. The summed E-state index contributed by atoms with van der Waals surface area (Å²) in [4.78, 5) is 32.3. The second-order valence-corrected chi connectivity index (χ2v) is 8.68. The van der Waals surface area contributed by atoms with Crippen molar-refractivity contribution < 1.29 is 18.7 Å². The predicted octanol–water partition coefficient (Wildman–Crippen LogP) is 5.06. The number of nitrogens with zero attached hydrogens (tertiary/aromatic N) is 4. The Labute approximate surface area is 214 Å². The van der Waals surface area contributed by atoms with Gasteiger partial charge in [0.1, 0.15) is 5.82 Å². The molecule has 0 spiro atoms. The van der Waals surface area contributed by atoms with Crippen LogP contribution in [0.25, 0.3) is 22.6 Å². The minimum Gasteiger partial charge on any atom is -0.452 e. The quantitative estimate of drug-likeness (QED) is 0.403. The van der Waals surface area contributed by atoms with E-state index < -0.39 is 18.5 Å². The summed E-state index contributed by atoms with van der Waals surface area (Å²) in [5.41, 5.74) is 4.28. The average molecular weight is 497 g/mol. The fourth-order valence-corrected chi connectivity index (χ4v) is 4.49. The van der Waals surface area contributed by atoms with Gasteiger partial charge in [-0.05, 0) is 60.2 Å². The van der Waals surface area contributed by atoms with E-state index in [1.54, 1.807) is 12.1 Å². The number of nitriles is 2. The average Bonchev–Trinajstić information content (AvgIpc) is 2.92. The summed E-state index contributed by atoms with van der Waals surface area (Å²) in [7, 11) is 0.